The zero-order valence-electron chi connectivity index (χ0n) is 14.6. The van der Waals surface area contributed by atoms with Gasteiger partial charge >= 0.3 is 0 Å². The number of thioether (sulfide) groups is 1. The fourth-order valence-electron chi connectivity index (χ4n) is 2.14. The molecule has 3 aromatic rings. The van der Waals surface area contributed by atoms with Crippen LogP contribution in [0.5, 0.6) is 5.75 Å². The number of aromatic nitrogens is 2. The predicted octanol–water partition coefficient (Wildman–Crippen LogP) is 4.02. The maximum atomic E-state index is 12.0. The van der Waals surface area contributed by atoms with Crippen molar-refractivity contribution in [1.29, 1.82) is 0 Å². The summed E-state index contributed by atoms with van der Waals surface area (Å²) in [6.45, 7) is 2.62. The van der Waals surface area contributed by atoms with Crippen LogP contribution in [0, 0.1) is 6.92 Å². The Balaban J connectivity index is 1.41. The largest absolute Gasteiger partial charge is 0.482 e. The van der Waals surface area contributed by atoms with Gasteiger partial charge in [0.05, 0.1) is 10.8 Å². The Hall–Kier alpha value is -2.51. The molecule has 3 rings (SSSR count). The molecule has 0 aliphatic carbocycles. The molecule has 1 N–H and O–H groups in total. The number of carbonyl (C=O) groups is 1. The second-order valence-electron chi connectivity index (χ2n) is 5.73. The van der Waals surface area contributed by atoms with Gasteiger partial charge in [0.1, 0.15) is 5.75 Å². The molecule has 0 aliphatic heterocycles. The van der Waals surface area contributed by atoms with Crippen molar-refractivity contribution in [3.63, 3.8) is 0 Å². The summed E-state index contributed by atoms with van der Waals surface area (Å²) in [7, 11) is 0. The molecule has 8 heteroatoms. The molecule has 2 aromatic carbocycles. The standard InChI is InChI=1S/C19H18ClN3O3S/c1-13-6-8-14(9-7-13)10-21-17(24)12-27-19-23-22-18(26-19)11-25-16-5-3-2-4-15(16)20/h2-9H,10-12H2,1H3,(H,21,24). The number of carbonyl (C=O) groups excluding carboxylic acids is 1. The first-order chi connectivity index (χ1) is 13.1. The minimum atomic E-state index is -0.104. The average molecular weight is 404 g/mol. The first-order valence-corrected chi connectivity index (χ1v) is 9.61. The summed E-state index contributed by atoms with van der Waals surface area (Å²) in [4.78, 5) is 12.0. The van der Waals surface area contributed by atoms with Crippen molar-refractivity contribution in [2.24, 2.45) is 0 Å². The molecule has 0 fully saturated rings. The third kappa shape index (κ3) is 6.01. The SMILES string of the molecule is Cc1ccc(CNC(=O)CSc2nnc(COc3ccccc3Cl)o2)cc1. The number of hydrogen-bond donors (Lipinski definition) is 1. The van der Waals surface area contributed by atoms with Gasteiger partial charge in [-0.2, -0.15) is 0 Å². The van der Waals surface area contributed by atoms with Crippen molar-refractivity contribution in [1.82, 2.24) is 15.5 Å². The van der Waals surface area contributed by atoms with E-state index in [-0.39, 0.29) is 18.3 Å². The van der Waals surface area contributed by atoms with Crippen LogP contribution in [-0.2, 0) is 17.9 Å². The van der Waals surface area contributed by atoms with Crippen LogP contribution in [0.1, 0.15) is 17.0 Å². The van der Waals surface area contributed by atoms with E-state index in [9.17, 15) is 4.79 Å². The molecule has 0 atom stereocenters. The highest BCUT2D eigenvalue weighted by molar-refractivity contribution is 7.99. The van der Waals surface area contributed by atoms with Crippen LogP contribution >= 0.6 is 23.4 Å². The van der Waals surface area contributed by atoms with E-state index >= 15 is 0 Å². The van der Waals surface area contributed by atoms with Crippen LogP contribution < -0.4 is 10.1 Å². The minimum Gasteiger partial charge on any atom is -0.482 e. The fourth-order valence-corrected chi connectivity index (χ4v) is 2.94. The molecular weight excluding hydrogens is 386 g/mol. The molecule has 140 valence electrons. The number of aryl methyl sites for hydroxylation is 1. The summed E-state index contributed by atoms with van der Waals surface area (Å²) in [5.74, 6) is 0.950. The van der Waals surface area contributed by atoms with E-state index < -0.39 is 0 Å². The van der Waals surface area contributed by atoms with Gasteiger partial charge in [-0.15, -0.1) is 10.2 Å². The summed E-state index contributed by atoms with van der Waals surface area (Å²) in [6, 6.07) is 15.2. The van der Waals surface area contributed by atoms with E-state index in [0.717, 1.165) is 5.56 Å². The third-order valence-electron chi connectivity index (χ3n) is 3.57. The minimum absolute atomic E-state index is 0.104. The smallest absolute Gasteiger partial charge is 0.277 e. The van der Waals surface area contributed by atoms with Crippen LogP contribution in [-0.4, -0.2) is 21.9 Å². The molecule has 0 unspecified atom stereocenters. The van der Waals surface area contributed by atoms with E-state index in [1.807, 2.05) is 43.3 Å². The second kappa shape index (κ2) is 9.43. The second-order valence-corrected chi connectivity index (χ2v) is 7.07. The predicted molar refractivity (Wildman–Crippen MR) is 104 cm³/mol. The summed E-state index contributed by atoms with van der Waals surface area (Å²) in [6.07, 6.45) is 0. The fraction of sp³-hybridized carbons (Fsp3) is 0.211. The number of amides is 1. The van der Waals surface area contributed by atoms with Gasteiger partial charge in [0.15, 0.2) is 6.61 Å². The van der Waals surface area contributed by atoms with Crippen molar-refractivity contribution in [2.75, 3.05) is 5.75 Å². The lowest BCUT2D eigenvalue weighted by Crippen LogP contribution is -2.24. The summed E-state index contributed by atoms with van der Waals surface area (Å²) < 4.78 is 11.0. The normalized spacial score (nSPS) is 10.6. The molecular formula is C19H18ClN3O3S. The first kappa shape index (κ1) is 19.3. The highest BCUT2D eigenvalue weighted by Crippen LogP contribution is 2.24. The van der Waals surface area contributed by atoms with Crippen molar-refractivity contribution in [3.8, 4) is 5.75 Å². The lowest BCUT2D eigenvalue weighted by molar-refractivity contribution is -0.118. The van der Waals surface area contributed by atoms with Gasteiger partial charge in [-0.3, -0.25) is 4.79 Å². The van der Waals surface area contributed by atoms with Crippen LogP contribution in [0.15, 0.2) is 58.2 Å². The zero-order valence-corrected chi connectivity index (χ0v) is 16.2. The monoisotopic (exact) mass is 403 g/mol. The quantitative estimate of drug-likeness (QED) is 0.572. The highest BCUT2D eigenvalue weighted by Gasteiger charge is 2.11. The van der Waals surface area contributed by atoms with Gasteiger partial charge in [0.2, 0.25) is 5.91 Å². The Kier molecular flexibility index (Phi) is 6.73. The molecule has 27 heavy (non-hydrogen) atoms. The van der Waals surface area contributed by atoms with E-state index in [0.29, 0.717) is 28.4 Å². The Morgan fingerprint density at radius 3 is 2.74 bits per heavy atom. The average Bonchev–Trinajstić information content (AvgIpc) is 3.13. The van der Waals surface area contributed by atoms with Crippen molar-refractivity contribution in [3.05, 3.63) is 70.6 Å². The number of ether oxygens (including phenoxy) is 1. The molecule has 1 aromatic heterocycles. The van der Waals surface area contributed by atoms with Crippen molar-refractivity contribution >= 4 is 29.3 Å². The molecule has 0 saturated heterocycles. The molecule has 6 nitrogen and oxygen atoms in total. The molecule has 0 spiro atoms. The van der Waals surface area contributed by atoms with E-state index in [4.69, 9.17) is 20.8 Å². The number of rotatable bonds is 8. The number of nitrogens with one attached hydrogen (secondary N) is 1. The Labute approximate surface area is 166 Å². The van der Waals surface area contributed by atoms with Gasteiger partial charge in [0, 0.05) is 6.54 Å². The van der Waals surface area contributed by atoms with Crippen LogP contribution in [0.25, 0.3) is 0 Å². The maximum Gasteiger partial charge on any atom is 0.277 e. The topological polar surface area (TPSA) is 77.2 Å². The Morgan fingerprint density at radius 2 is 1.96 bits per heavy atom. The highest BCUT2D eigenvalue weighted by atomic mass is 35.5. The van der Waals surface area contributed by atoms with E-state index in [2.05, 4.69) is 15.5 Å². The van der Waals surface area contributed by atoms with Crippen LogP contribution in [0.2, 0.25) is 5.02 Å². The molecule has 1 amide bonds. The third-order valence-corrected chi connectivity index (χ3v) is 4.70. The van der Waals surface area contributed by atoms with Gasteiger partial charge in [-0.05, 0) is 24.6 Å². The van der Waals surface area contributed by atoms with Gasteiger partial charge in [-0.1, -0.05) is 65.3 Å². The van der Waals surface area contributed by atoms with Crippen LogP contribution in [0.4, 0.5) is 0 Å². The molecule has 0 radical (unpaired) electrons. The van der Waals surface area contributed by atoms with Crippen LogP contribution in [0.3, 0.4) is 0 Å². The lowest BCUT2D eigenvalue weighted by Gasteiger charge is -2.05. The van der Waals surface area contributed by atoms with Gasteiger partial charge in [0.25, 0.3) is 11.1 Å². The number of hydrogen-bond acceptors (Lipinski definition) is 6. The number of benzene rings is 2. The first-order valence-electron chi connectivity index (χ1n) is 8.25. The Morgan fingerprint density at radius 1 is 1.19 bits per heavy atom. The maximum absolute atomic E-state index is 12.0. The molecule has 0 aliphatic rings. The summed E-state index contributed by atoms with van der Waals surface area (Å²) >= 11 is 7.20. The lowest BCUT2D eigenvalue weighted by atomic mass is 10.1. The van der Waals surface area contributed by atoms with E-state index in [1.54, 1.807) is 12.1 Å². The number of nitrogens with zero attached hydrogens (tertiary/aromatic N) is 2. The van der Waals surface area contributed by atoms with Crippen molar-refractivity contribution in [2.45, 2.75) is 25.3 Å². The zero-order chi connectivity index (χ0) is 19.1. The van der Waals surface area contributed by atoms with Gasteiger partial charge in [-0.25, -0.2) is 0 Å². The molecule has 1 heterocycles. The van der Waals surface area contributed by atoms with E-state index in [1.165, 1.54) is 17.3 Å². The summed E-state index contributed by atoms with van der Waals surface area (Å²) in [5.41, 5.74) is 2.24. The Bertz CT molecular complexity index is 899. The number of halogens is 1. The molecule has 0 bridgehead atoms. The van der Waals surface area contributed by atoms with Gasteiger partial charge < -0.3 is 14.5 Å². The number of para-hydroxylation sites is 1. The van der Waals surface area contributed by atoms with Crippen molar-refractivity contribution < 1.29 is 13.9 Å². The summed E-state index contributed by atoms with van der Waals surface area (Å²) in [5, 5.41) is 11.5. The molecule has 0 saturated carbocycles.